The smallest absolute Gasteiger partial charge is 0.311 e. The maximum absolute atomic E-state index is 12.9. The van der Waals surface area contributed by atoms with Gasteiger partial charge in [0.2, 0.25) is 0 Å². The van der Waals surface area contributed by atoms with Crippen LogP contribution in [-0.4, -0.2) is 22.2 Å². The van der Waals surface area contributed by atoms with Crippen molar-refractivity contribution in [3.63, 3.8) is 0 Å². The van der Waals surface area contributed by atoms with Gasteiger partial charge in [-0.05, 0) is 23.5 Å². The van der Waals surface area contributed by atoms with Gasteiger partial charge in [0, 0.05) is 17.2 Å². The van der Waals surface area contributed by atoms with Crippen LogP contribution in [0, 0.1) is 11.8 Å². The molecule has 3 aromatic rings. The number of aliphatic carboxylic acids is 2. The highest BCUT2D eigenvalue weighted by atomic mass is 16.4. The van der Waals surface area contributed by atoms with Crippen molar-refractivity contribution in [1.82, 2.24) is 0 Å². The highest BCUT2D eigenvalue weighted by Crippen LogP contribution is 2.40. The summed E-state index contributed by atoms with van der Waals surface area (Å²) in [6, 6.07) is 13.5. The third kappa shape index (κ3) is 4.24. The van der Waals surface area contributed by atoms with E-state index in [2.05, 4.69) is 0 Å². The van der Waals surface area contributed by atoms with Gasteiger partial charge in [-0.15, -0.1) is 0 Å². The Hall–Kier alpha value is -3.41. The minimum atomic E-state index is -1.09. The van der Waals surface area contributed by atoms with Gasteiger partial charge in [-0.2, -0.15) is 0 Å². The second-order valence-electron chi connectivity index (χ2n) is 8.41. The molecule has 0 saturated carbocycles. The second-order valence-corrected chi connectivity index (χ2v) is 8.41. The molecule has 6 nitrogen and oxygen atoms in total. The summed E-state index contributed by atoms with van der Waals surface area (Å²) in [7, 11) is 0. The molecule has 0 aliphatic carbocycles. The lowest BCUT2D eigenvalue weighted by Crippen LogP contribution is -2.25. The van der Waals surface area contributed by atoms with E-state index in [4.69, 9.17) is 4.42 Å². The normalized spacial score (nSPS) is 13.5. The quantitative estimate of drug-likeness (QED) is 0.548. The minimum absolute atomic E-state index is 0.136. The number of rotatable bonds is 7. The van der Waals surface area contributed by atoms with E-state index in [0.29, 0.717) is 16.9 Å². The van der Waals surface area contributed by atoms with Crippen LogP contribution in [0.3, 0.4) is 0 Å². The molecule has 2 atom stereocenters. The van der Waals surface area contributed by atoms with Gasteiger partial charge < -0.3 is 14.6 Å². The van der Waals surface area contributed by atoms with E-state index < -0.39 is 23.8 Å². The molecule has 0 radical (unpaired) electrons. The molecule has 1 heterocycles. The molecule has 0 amide bonds. The van der Waals surface area contributed by atoms with Gasteiger partial charge in [0.15, 0.2) is 5.43 Å². The average Bonchev–Trinajstić information content (AvgIpc) is 2.69. The van der Waals surface area contributed by atoms with Gasteiger partial charge in [0.05, 0.1) is 17.2 Å². The molecule has 0 aliphatic heterocycles. The molecule has 0 saturated heterocycles. The molecule has 3 rings (SSSR count). The van der Waals surface area contributed by atoms with Crippen LogP contribution in [0.2, 0.25) is 0 Å². The van der Waals surface area contributed by atoms with Crippen LogP contribution in [-0.2, 0) is 9.59 Å². The molecule has 1 aromatic heterocycles. The Morgan fingerprint density at radius 2 is 1.42 bits per heavy atom. The van der Waals surface area contributed by atoms with E-state index in [9.17, 15) is 24.6 Å². The van der Waals surface area contributed by atoms with E-state index in [1.54, 1.807) is 45.9 Å². The molecule has 2 aromatic carbocycles. The van der Waals surface area contributed by atoms with Crippen LogP contribution in [0.15, 0.2) is 57.7 Å². The van der Waals surface area contributed by atoms with Crippen LogP contribution >= 0.6 is 0 Å². The summed E-state index contributed by atoms with van der Waals surface area (Å²) >= 11 is 0. The summed E-state index contributed by atoms with van der Waals surface area (Å²) in [5, 5.41) is 20.2. The number of carboxylic acids is 2. The molecule has 0 aliphatic rings. The molecule has 2 unspecified atom stereocenters. The zero-order chi connectivity index (χ0) is 22.9. The highest BCUT2D eigenvalue weighted by Gasteiger charge is 2.35. The molecule has 0 spiro atoms. The first kappa shape index (κ1) is 22.3. The summed E-state index contributed by atoms with van der Waals surface area (Å²) in [5.74, 6) is -4.46. The van der Waals surface area contributed by atoms with Crippen molar-refractivity contribution >= 4 is 22.9 Å². The van der Waals surface area contributed by atoms with Crippen molar-refractivity contribution in [3.8, 4) is 11.3 Å². The fourth-order valence-corrected chi connectivity index (χ4v) is 4.11. The first-order valence-corrected chi connectivity index (χ1v) is 10.2. The largest absolute Gasteiger partial charge is 0.481 e. The second kappa shape index (κ2) is 8.76. The van der Waals surface area contributed by atoms with Crippen LogP contribution < -0.4 is 5.43 Å². The SMILES string of the molecule is CC(C)C(C(=O)O)c1ccc2c(=O)cc(-c3ccccc3)oc2c1C(C(=O)O)C(C)C. The molecular weight excluding hydrogens is 396 g/mol. The summed E-state index contributed by atoms with van der Waals surface area (Å²) in [6.45, 7) is 7.06. The predicted molar refractivity (Wildman–Crippen MR) is 118 cm³/mol. The van der Waals surface area contributed by atoms with Crippen molar-refractivity contribution in [1.29, 1.82) is 0 Å². The summed E-state index contributed by atoms with van der Waals surface area (Å²) in [6.07, 6.45) is 0. The average molecular weight is 422 g/mol. The molecule has 0 fully saturated rings. The first-order chi connectivity index (χ1) is 14.6. The molecular formula is C25H26O6. The van der Waals surface area contributed by atoms with E-state index >= 15 is 0 Å². The van der Waals surface area contributed by atoms with Gasteiger partial charge in [-0.25, -0.2) is 0 Å². The Morgan fingerprint density at radius 1 is 0.839 bits per heavy atom. The standard InChI is InChI=1S/C25H26O6/c1-13(2)20(24(27)28)17-11-10-16-18(26)12-19(15-8-6-5-7-9-15)31-23(16)22(17)21(14(3)4)25(29)30/h5-14,20-21H,1-4H3,(H,27,28)(H,29,30). The molecule has 2 N–H and O–H groups in total. The van der Waals surface area contributed by atoms with Crippen LogP contribution in [0.5, 0.6) is 0 Å². The van der Waals surface area contributed by atoms with E-state index in [1.165, 1.54) is 12.1 Å². The Bertz CT molecular complexity index is 1170. The van der Waals surface area contributed by atoms with Crippen molar-refractivity contribution < 1.29 is 24.2 Å². The van der Waals surface area contributed by atoms with Crippen LogP contribution in [0.25, 0.3) is 22.3 Å². The zero-order valence-corrected chi connectivity index (χ0v) is 18.0. The number of hydrogen-bond acceptors (Lipinski definition) is 4. The Balaban J connectivity index is 2.47. The highest BCUT2D eigenvalue weighted by molar-refractivity contribution is 5.91. The van der Waals surface area contributed by atoms with Crippen LogP contribution in [0.4, 0.5) is 0 Å². The van der Waals surface area contributed by atoms with Crippen LogP contribution in [0.1, 0.15) is 50.7 Å². The lowest BCUT2D eigenvalue weighted by molar-refractivity contribution is -0.141. The monoisotopic (exact) mass is 422 g/mol. The zero-order valence-electron chi connectivity index (χ0n) is 18.0. The predicted octanol–water partition coefficient (Wildman–Crippen LogP) is 5.11. The third-order valence-corrected chi connectivity index (χ3v) is 5.54. The van der Waals surface area contributed by atoms with Gasteiger partial charge in [0.25, 0.3) is 0 Å². The first-order valence-electron chi connectivity index (χ1n) is 10.2. The number of fused-ring (bicyclic) bond motifs is 1. The molecule has 0 bridgehead atoms. The van der Waals surface area contributed by atoms with E-state index in [-0.39, 0.29) is 33.8 Å². The molecule has 162 valence electrons. The lowest BCUT2D eigenvalue weighted by atomic mass is 9.78. The maximum atomic E-state index is 12.9. The number of hydrogen-bond donors (Lipinski definition) is 2. The van der Waals surface area contributed by atoms with Crippen molar-refractivity contribution in [2.45, 2.75) is 39.5 Å². The van der Waals surface area contributed by atoms with Gasteiger partial charge in [-0.1, -0.05) is 64.1 Å². The fourth-order valence-electron chi connectivity index (χ4n) is 4.11. The molecule has 6 heteroatoms. The van der Waals surface area contributed by atoms with Crippen molar-refractivity contribution in [2.24, 2.45) is 11.8 Å². The van der Waals surface area contributed by atoms with E-state index in [1.807, 2.05) is 18.2 Å². The number of carbonyl (C=O) groups is 2. The Morgan fingerprint density at radius 3 is 1.94 bits per heavy atom. The molecule has 31 heavy (non-hydrogen) atoms. The third-order valence-electron chi connectivity index (χ3n) is 5.54. The van der Waals surface area contributed by atoms with Crippen molar-refractivity contribution in [2.75, 3.05) is 0 Å². The summed E-state index contributed by atoms with van der Waals surface area (Å²) in [5.41, 5.74) is 1.13. The topological polar surface area (TPSA) is 105 Å². The Kier molecular flexibility index (Phi) is 6.29. The van der Waals surface area contributed by atoms with E-state index in [0.717, 1.165) is 0 Å². The minimum Gasteiger partial charge on any atom is -0.481 e. The number of carboxylic acid groups (broad SMARTS) is 2. The Labute approximate surface area is 180 Å². The fraction of sp³-hybridized carbons (Fsp3) is 0.320. The summed E-state index contributed by atoms with van der Waals surface area (Å²) < 4.78 is 6.14. The number of benzene rings is 2. The lowest BCUT2D eigenvalue weighted by Gasteiger charge is -2.26. The van der Waals surface area contributed by atoms with Crippen molar-refractivity contribution in [3.05, 3.63) is 69.9 Å². The maximum Gasteiger partial charge on any atom is 0.311 e. The van der Waals surface area contributed by atoms with Gasteiger partial charge in [-0.3, -0.25) is 14.4 Å². The van der Waals surface area contributed by atoms with Gasteiger partial charge in [0.1, 0.15) is 11.3 Å². The summed E-state index contributed by atoms with van der Waals surface area (Å²) in [4.78, 5) is 37.3. The van der Waals surface area contributed by atoms with Gasteiger partial charge >= 0.3 is 11.9 Å².